The fraction of sp³-hybridized carbons (Fsp3) is 0.333. The second kappa shape index (κ2) is 7.19. The Morgan fingerprint density at radius 3 is 2.62 bits per heavy atom. The topological polar surface area (TPSA) is 93.0 Å². The summed E-state index contributed by atoms with van der Waals surface area (Å²) in [4.78, 5) is 19.6. The molecule has 0 radical (unpaired) electrons. The van der Waals surface area contributed by atoms with Gasteiger partial charge >= 0.3 is 5.69 Å². The Balaban J connectivity index is 2.19. The lowest BCUT2D eigenvalue weighted by atomic mass is 10.4. The van der Waals surface area contributed by atoms with Crippen molar-refractivity contribution < 1.29 is 4.92 Å². The molecule has 0 atom stereocenters. The van der Waals surface area contributed by atoms with Crippen LogP contribution in [0.25, 0.3) is 0 Å². The van der Waals surface area contributed by atoms with E-state index in [9.17, 15) is 10.1 Å². The van der Waals surface area contributed by atoms with E-state index < -0.39 is 4.92 Å². The van der Waals surface area contributed by atoms with Gasteiger partial charge in [-0.3, -0.25) is 10.1 Å². The van der Waals surface area contributed by atoms with E-state index in [1.807, 2.05) is 13.0 Å². The van der Waals surface area contributed by atoms with E-state index in [4.69, 9.17) is 11.6 Å². The Kier molecular flexibility index (Phi) is 5.29. The minimum atomic E-state index is -0.484. The van der Waals surface area contributed by atoms with Gasteiger partial charge in [-0.25, -0.2) is 9.97 Å². The van der Waals surface area contributed by atoms with Crippen molar-refractivity contribution in [2.75, 3.05) is 17.2 Å². The summed E-state index contributed by atoms with van der Waals surface area (Å²) in [5, 5.41) is 17.1. The molecule has 9 heteroatoms. The van der Waals surface area contributed by atoms with Gasteiger partial charge in [-0.1, -0.05) is 18.5 Å². The Morgan fingerprint density at radius 2 is 2.05 bits per heavy atom. The number of nitrogens with zero attached hydrogens (tertiary/aromatic N) is 3. The summed E-state index contributed by atoms with van der Waals surface area (Å²) in [5.74, 6) is 0.418. The average molecular weight is 328 g/mol. The molecular weight excluding hydrogens is 314 g/mol. The summed E-state index contributed by atoms with van der Waals surface area (Å²) >= 11 is 7.27. The second-order valence-corrected chi connectivity index (χ2v) is 5.96. The summed E-state index contributed by atoms with van der Waals surface area (Å²) in [5.41, 5.74) is -0.145. The highest BCUT2D eigenvalue weighted by Crippen LogP contribution is 2.30. The molecule has 21 heavy (non-hydrogen) atoms. The minimum absolute atomic E-state index is 0.145. The van der Waals surface area contributed by atoms with Gasteiger partial charge < -0.3 is 10.6 Å². The third-order valence-corrected chi connectivity index (χ3v) is 3.84. The summed E-state index contributed by atoms with van der Waals surface area (Å²) in [6, 6.07) is 3.65. The summed E-state index contributed by atoms with van der Waals surface area (Å²) in [7, 11) is 0. The van der Waals surface area contributed by atoms with Crippen LogP contribution < -0.4 is 10.6 Å². The van der Waals surface area contributed by atoms with Gasteiger partial charge in [0.05, 0.1) is 15.8 Å². The van der Waals surface area contributed by atoms with Crippen LogP contribution in [0, 0.1) is 10.1 Å². The molecule has 0 saturated heterocycles. The van der Waals surface area contributed by atoms with Crippen LogP contribution in [-0.2, 0) is 6.54 Å². The maximum atomic E-state index is 11.2. The van der Waals surface area contributed by atoms with E-state index in [0.717, 1.165) is 11.3 Å². The lowest BCUT2D eigenvalue weighted by Gasteiger charge is -2.08. The lowest BCUT2D eigenvalue weighted by molar-refractivity contribution is -0.383. The molecule has 0 unspecified atom stereocenters. The SMILES string of the molecule is CCCNc1ncnc(NCc2ccc(Cl)s2)c1[N+](=O)[O-]. The zero-order valence-electron chi connectivity index (χ0n) is 11.3. The van der Waals surface area contributed by atoms with E-state index in [-0.39, 0.29) is 17.3 Å². The van der Waals surface area contributed by atoms with Gasteiger partial charge in [0.1, 0.15) is 6.33 Å². The Labute approximate surface area is 130 Å². The van der Waals surface area contributed by atoms with Crippen molar-refractivity contribution in [1.82, 2.24) is 9.97 Å². The number of halogens is 1. The average Bonchev–Trinajstić information content (AvgIpc) is 2.88. The first kappa shape index (κ1) is 15.5. The lowest BCUT2D eigenvalue weighted by Crippen LogP contribution is -2.10. The van der Waals surface area contributed by atoms with Crippen LogP contribution in [0.4, 0.5) is 17.3 Å². The quantitative estimate of drug-likeness (QED) is 0.597. The fourth-order valence-electron chi connectivity index (χ4n) is 1.67. The van der Waals surface area contributed by atoms with Crippen LogP contribution in [0.3, 0.4) is 0 Å². The zero-order chi connectivity index (χ0) is 15.2. The molecule has 2 aromatic heterocycles. The van der Waals surface area contributed by atoms with Crippen LogP contribution >= 0.6 is 22.9 Å². The monoisotopic (exact) mass is 327 g/mol. The van der Waals surface area contributed by atoms with E-state index in [1.165, 1.54) is 17.7 Å². The number of thiophene rings is 1. The van der Waals surface area contributed by atoms with E-state index >= 15 is 0 Å². The molecular formula is C12H14ClN5O2S. The number of hydrogen-bond donors (Lipinski definition) is 2. The second-order valence-electron chi connectivity index (χ2n) is 4.16. The van der Waals surface area contributed by atoms with Crippen molar-refractivity contribution >= 4 is 40.3 Å². The van der Waals surface area contributed by atoms with Crippen LogP contribution in [0.1, 0.15) is 18.2 Å². The fourth-order valence-corrected chi connectivity index (χ4v) is 2.70. The summed E-state index contributed by atoms with van der Waals surface area (Å²) in [6.45, 7) is 3.00. The van der Waals surface area contributed by atoms with Crippen LogP contribution in [0.2, 0.25) is 4.34 Å². The van der Waals surface area contributed by atoms with Crippen molar-refractivity contribution in [3.63, 3.8) is 0 Å². The van der Waals surface area contributed by atoms with Crippen molar-refractivity contribution in [2.45, 2.75) is 19.9 Å². The Morgan fingerprint density at radius 1 is 1.33 bits per heavy atom. The van der Waals surface area contributed by atoms with Crippen LogP contribution in [0.5, 0.6) is 0 Å². The first-order chi connectivity index (χ1) is 10.1. The highest BCUT2D eigenvalue weighted by atomic mass is 35.5. The third-order valence-electron chi connectivity index (χ3n) is 2.61. The molecule has 0 saturated carbocycles. The molecule has 0 aliphatic carbocycles. The van der Waals surface area contributed by atoms with Gasteiger partial charge in [0.25, 0.3) is 0 Å². The van der Waals surface area contributed by atoms with Crippen LogP contribution in [-0.4, -0.2) is 21.4 Å². The number of rotatable bonds is 7. The van der Waals surface area contributed by atoms with Gasteiger partial charge in [0, 0.05) is 11.4 Å². The highest BCUT2D eigenvalue weighted by Gasteiger charge is 2.22. The molecule has 2 rings (SSSR count). The maximum absolute atomic E-state index is 11.2. The largest absolute Gasteiger partial charge is 0.364 e. The Hall–Kier alpha value is -1.93. The molecule has 7 nitrogen and oxygen atoms in total. The van der Waals surface area contributed by atoms with Crippen molar-refractivity contribution in [1.29, 1.82) is 0 Å². The molecule has 0 fully saturated rings. The molecule has 112 valence electrons. The highest BCUT2D eigenvalue weighted by molar-refractivity contribution is 7.16. The molecule has 0 amide bonds. The molecule has 0 bridgehead atoms. The normalized spacial score (nSPS) is 10.4. The number of nitro groups is 1. The van der Waals surface area contributed by atoms with Crippen molar-refractivity contribution in [3.8, 4) is 0 Å². The van der Waals surface area contributed by atoms with Crippen LogP contribution in [0.15, 0.2) is 18.5 Å². The molecule has 0 aliphatic heterocycles. The predicted molar refractivity (Wildman–Crippen MR) is 84.1 cm³/mol. The molecule has 2 heterocycles. The Bertz CT molecular complexity index is 634. The molecule has 2 N–H and O–H groups in total. The van der Waals surface area contributed by atoms with Gasteiger partial charge in [-0.05, 0) is 18.6 Å². The van der Waals surface area contributed by atoms with Gasteiger partial charge in [-0.2, -0.15) is 0 Å². The van der Waals surface area contributed by atoms with Gasteiger partial charge in [-0.15, -0.1) is 11.3 Å². The van der Waals surface area contributed by atoms with E-state index in [2.05, 4.69) is 20.6 Å². The van der Waals surface area contributed by atoms with E-state index in [1.54, 1.807) is 6.07 Å². The molecule has 0 spiro atoms. The first-order valence-corrected chi connectivity index (χ1v) is 7.52. The van der Waals surface area contributed by atoms with Crippen molar-refractivity contribution in [2.24, 2.45) is 0 Å². The molecule has 2 aromatic rings. The maximum Gasteiger partial charge on any atom is 0.353 e. The summed E-state index contributed by atoms with van der Waals surface area (Å²) in [6.07, 6.45) is 2.15. The predicted octanol–water partition coefficient (Wildman–Crippen LogP) is 3.53. The summed E-state index contributed by atoms with van der Waals surface area (Å²) < 4.78 is 0.675. The number of aromatic nitrogens is 2. The van der Waals surface area contributed by atoms with E-state index in [0.29, 0.717) is 17.4 Å². The van der Waals surface area contributed by atoms with Crippen molar-refractivity contribution in [3.05, 3.63) is 37.8 Å². The van der Waals surface area contributed by atoms with Gasteiger partial charge in [0.2, 0.25) is 11.6 Å². The molecule has 0 aliphatic rings. The number of hydrogen-bond acceptors (Lipinski definition) is 7. The standard InChI is InChI=1S/C12H14ClN5O2S/c1-2-5-14-11-10(18(19)20)12(17-7-16-11)15-6-8-3-4-9(13)21-8/h3-4,7H,2,5-6H2,1H3,(H2,14,15,16,17). The van der Waals surface area contributed by atoms with Gasteiger partial charge in [0.15, 0.2) is 0 Å². The smallest absolute Gasteiger partial charge is 0.353 e. The molecule has 0 aromatic carbocycles. The number of nitrogens with one attached hydrogen (secondary N) is 2. The first-order valence-electron chi connectivity index (χ1n) is 6.33. The number of anilines is 2. The zero-order valence-corrected chi connectivity index (χ0v) is 12.9. The minimum Gasteiger partial charge on any atom is -0.364 e. The third kappa shape index (κ3) is 4.02.